The fourth-order valence-corrected chi connectivity index (χ4v) is 1.48. The first-order chi connectivity index (χ1) is 5.65. The van der Waals surface area contributed by atoms with Crippen LogP contribution in [0.4, 0.5) is 0 Å². The summed E-state index contributed by atoms with van der Waals surface area (Å²) in [6, 6.07) is 6.22. The quantitative estimate of drug-likeness (QED) is 0.650. The molecule has 65 valence electrons. The van der Waals surface area contributed by atoms with Crippen LogP contribution >= 0.6 is 11.6 Å². The van der Waals surface area contributed by atoms with Gasteiger partial charge in [-0.15, -0.1) is 0 Å². The third-order valence-corrected chi connectivity index (χ3v) is 2.31. The number of aryl methyl sites for hydroxylation is 1. The van der Waals surface area contributed by atoms with Gasteiger partial charge in [0.15, 0.2) is 0 Å². The van der Waals surface area contributed by atoms with Gasteiger partial charge in [0.05, 0.1) is 0 Å². The summed E-state index contributed by atoms with van der Waals surface area (Å²) in [4.78, 5) is 0. The molecule has 0 nitrogen and oxygen atoms in total. The Bertz CT molecular complexity index is 264. The molecule has 1 aromatic carbocycles. The molecule has 0 atom stereocenters. The van der Waals surface area contributed by atoms with E-state index in [1.165, 1.54) is 17.0 Å². The number of hydrogen-bond donors (Lipinski definition) is 0. The molecule has 0 N–H and O–H groups in total. The van der Waals surface area contributed by atoms with Crippen molar-refractivity contribution in [3.8, 4) is 0 Å². The van der Waals surface area contributed by atoms with Gasteiger partial charge >= 0.3 is 0 Å². The average Bonchev–Trinajstić information content (AvgIpc) is 2.05. The van der Waals surface area contributed by atoms with Crippen LogP contribution in [-0.4, -0.2) is 0 Å². The van der Waals surface area contributed by atoms with Crippen molar-refractivity contribution in [2.45, 2.75) is 27.2 Å². The van der Waals surface area contributed by atoms with Crippen molar-refractivity contribution in [2.75, 3.05) is 0 Å². The molecule has 0 amide bonds. The van der Waals surface area contributed by atoms with Crippen LogP contribution in [0.15, 0.2) is 18.2 Å². The molecular formula is C11H14Cl. The van der Waals surface area contributed by atoms with Crippen molar-refractivity contribution in [3.63, 3.8) is 0 Å². The van der Waals surface area contributed by atoms with Crippen LogP contribution in [0.5, 0.6) is 0 Å². The molecule has 0 aliphatic carbocycles. The van der Waals surface area contributed by atoms with E-state index in [0.29, 0.717) is 0 Å². The zero-order valence-electron chi connectivity index (χ0n) is 7.82. The minimum atomic E-state index is 0.854. The highest BCUT2D eigenvalue weighted by Gasteiger charge is 2.05. The number of benzene rings is 1. The first kappa shape index (κ1) is 9.60. The highest BCUT2D eigenvalue weighted by molar-refractivity contribution is 6.31. The molecule has 1 radical (unpaired) electrons. The molecule has 0 fully saturated rings. The summed E-state index contributed by atoms with van der Waals surface area (Å²) in [7, 11) is 0. The van der Waals surface area contributed by atoms with Crippen LogP contribution in [0.2, 0.25) is 5.02 Å². The van der Waals surface area contributed by atoms with Crippen molar-refractivity contribution in [3.05, 3.63) is 40.3 Å². The predicted molar refractivity (Wildman–Crippen MR) is 54.5 cm³/mol. The Balaban J connectivity index is 3.08. The molecule has 1 heteroatoms. The predicted octanol–water partition coefficient (Wildman–Crippen LogP) is 3.86. The van der Waals surface area contributed by atoms with Crippen molar-refractivity contribution in [1.82, 2.24) is 0 Å². The fourth-order valence-electron chi connectivity index (χ4n) is 1.18. The maximum absolute atomic E-state index is 6.03. The van der Waals surface area contributed by atoms with Crippen molar-refractivity contribution in [1.29, 1.82) is 0 Å². The summed E-state index contributed by atoms with van der Waals surface area (Å²) in [6.07, 6.45) is 1.07. The lowest BCUT2D eigenvalue weighted by molar-refractivity contribution is 1.10. The van der Waals surface area contributed by atoms with Gasteiger partial charge in [-0.1, -0.05) is 44.5 Å². The summed E-state index contributed by atoms with van der Waals surface area (Å²) in [5.41, 5.74) is 2.52. The largest absolute Gasteiger partial charge is 0.0840 e. The topological polar surface area (TPSA) is 0 Å². The second-order valence-electron chi connectivity index (χ2n) is 3.17. The molecule has 0 saturated heterocycles. The SMILES string of the molecule is CCc1ccc(Cl)c([C](C)C)c1. The molecule has 0 aliphatic heterocycles. The average molecular weight is 182 g/mol. The monoisotopic (exact) mass is 181 g/mol. The number of hydrogen-bond acceptors (Lipinski definition) is 0. The van der Waals surface area contributed by atoms with Gasteiger partial charge in [0.25, 0.3) is 0 Å². The smallest absolute Gasteiger partial charge is 0.0443 e. The zero-order valence-corrected chi connectivity index (χ0v) is 8.57. The highest BCUT2D eigenvalue weighted by atomic mass is 35.5. The second kappa shape index (κ2) is 3.95. The maximum atomic E-state index is 6.03. The summed E-state index contributed by atoms with van der Waals surface area (Å²) >= 11 is 6.03. The molecule has 0 saturated carbocycles. The Morgan fingerprint density at radius 3 is 2.50 bits per heavy atom. The molecule has 12 heavy (non-hydrogen) atoms. The van der Waals surface area contributed by atoms with E-state index in [1.54, 1.807) is 0 Å². The number of rotatable bonds is 2. The van der Waals surface area contributed by atoms with Gasteiger partial charge in [0, 0.05) is 10.9 Å². The Labute approximate surface area is 79.6 Å². The van der Waals surface area contributed by atoms with E-state index in [4.69, 9.17) is 11.6 Å². The molecule has 1 aromatic rings. The summed E-state index contributed by atoms with van der Waals surface area (Å²) in [5.74, 6) is 1.27. The van der Waals surface area contributed by atoms with E-state index in [0.717, 1.165) is 11.4 Å². The highest BCUT2D eigenvalue weighted by Crippen LogP contribution is 2.24. The molecule has 0 unspecified atom stereocenters. The van der Waals surface area contributed by atoms with Crippen molar-refractivity contribution in [2.24, 2.45) is 0 Å². The molecule has 0 aromatic heterocycles. The van der Waals surface area contributed by atoms with E-state index in [2.05, 4.69) is 32.9 Å². The lowest BCUT2D eigenvalue weighted by Gasteiger charge is -2.08. The van der Waals surface area contributed by atoms with Gasteiger partial charge < -0.3 is 0 Å². The Kier molecular flexibility index (Phi) is 3.16. The van der Waals surface area contributed by atoms with Crippen LogP contribution in [0, 0.1) is 5.92 Å². The Morgan fingerprint density at radius 2 is 2.00 bits per heavy atom. The molecule has 1 rings (SSSR count). The lowest BCUT2D eigenvalue weighted by Crippen LogP contribution is -1.91. The fraction of sp³-hybridized carbons (Fsp3) is 0.364. The Hall–Kier alpha value is -0.490. The molecule has 0 aliphatic rings. The van der Waals surface area contributed by atoms with Crippen LogP contribution < -0.4 is 0 Å². The van der Waals surface area contributed by atoms with Gasteiger partial charge in [0.1, 0.15) is 0 Å². The summed E-state index contributed by atoms with van der Waals surface area (Å²) in [6.45, 7) is 6.32. The molecule has 0 spiro atoms. The van der Waals surface area contributed by atoms with Crippen LogP contribution in [0.3, 0.4) is 0 Å². The van der Waals surface area contributed by atoms with Gasteiger partial charge in [-0.2, -0.15) is 0 Å². The van der Waals surface area contributed by atoms with Crippen molar-refractivity contribution >= 4 is 11.6 Å². The first-order valence-electron chi connectivity index (χ1n) is 4.24. The summed E-state index contributed by atoms with van der Waals surface area (Å²) < 4.78 is 0. The van der Waals surface area contributed by atoms with E-state index in [9.17, 15) is 0 Å². The third-order valence-electron chi connectivity index (χ3n) is 1.98. The van der Waals surface area contributed by atoms with E-state index in [1.807, 2.05) is 6.07 Å². The normalized spacial score (nSPS) is 10.8. The number of halogens is 1. The molecule has 0 bridgehead atoms. The first-order valence-corrected chi connectivity index (χ1v) is 4.62. The van der Waals surface area contributed by atoms with E-state index in [-0.39, 0.29) is 0 Å². The summed E-state index contributed by atoms with van der Waals surface area (Å²) in [5, 5.41) is 0.854. The van der Waals surface area contributed by atoms with E-state index < -0.39 is 0 Å². The maximum Gasteiger partial charge on any atom is 0.0443 e. The second-order valence-corrected chi connectivity index (χ2v) is 3.57. The van der Waals surface area contributed by atoms with Gasteiger partial charge in [0.2, 0.25) is 0 Å². The lowest BCUT2D eigenvalue weighted by atomic mass is 10.00. The van der Waals surface area contributed by atoms with Gasteiger partial charge in [-0.3, -0.25) is 0 Å². The van der Waals surface area contributed by atoms with Crippen LogP contribution in [0.1, 0.15) is 31.9 Å². The van der Waals surface area contributed by atoms with Crippen LogP contribution in [-0.2, 0) is 6.42 Å². The van der Waals surface area contributed by atoms with Gasteiger partial charge in [-0.05, 0) is 23.6 Å². The molecule has 0 heterocycles. The molecular weight excluding hydrogens is 168 g/mol. The van der Waals surface area contributed by atoms with Crippen molar-refractivity contribution < 1.29 is 0 Å². The third kappa shape index (κ3) is 2.01. The van der Waals surface area contributed by atoms with Gasteiger partial charge in [-0.25, -0.2) is 0 Å². The Morgan fingerprint density at radius 1 is 1.33 bits per heavy atom. The zero-order chi connectivity index (χ0) is 9.14. The van der Waals surface area contributed by atoms with Crippen LogP contribution in [0.25, 0.3) is 0 Å². The minimum Gasteiger partial charge on any atom is -0.0840 e. The van der Waals surface area contributed by atoms with E-state index >= 15 is 0 Å². The standard InChI is InChI=1S/C11H14Cl/c1-4-9-5-6-11(12)10(7-9)8(2)3/h5-7H,4H2,1-3H3. The minimum absolute atomic E-state index is 0.854.